The van der Waals surface area contributed by atoms with Crippen molar-refractivity contribution in [3.63, 3.8) is 0 Å². The molecule has 2 amide bonds. The highest BCUT2D eigenvalue weighted by atomic mass is 16.2. The van der Waals surface area contributed by atoms with Gasteiger partial charge in [-0.1, -0.05) is 6.07 Å². The predicted molar refractivity (Wildman–Crippen MR) is 76.2 cm³/mol. The van der Waals surface area contributed by atoms with Gasteiger partial charge in [0.2, 0.25) is 0 Å². The molecule has 2 rings (SSSR count). The summed E-state index contributed by atoms with van der Waals surface area (Å²) in [7, 11) is 0. The molecule has 1 unspecified atom stereocenters. The predicted octanol–water partition coefficient (Wildman–Crippen LogP) is 1.21. The summed E-state index contributed by atoms with van der Waals surface area (Å²) < 4.78 is 1.93. The Kier molecular flexibility index (Phi) is 5.11. The van der Waals surface area contributed by atoms with Crippen LogP contribution in [0.15, 0.2) is 43.1 Å². The molecule has 6 heteroatoms. The van der Waals surface area contributed by atoms with Crippen LogP contribution in [0.25, 0.3) is 0 Å². The van der Waals surface area contributed by atoms with E-state index in [4.69, 9.17) is 0 Å². The van der Waals surface area contributed by atoms with Crippen LogP contribution < -0.4 is 10.6 Å². The topological polar surface area (TPSA) is 71.8 Å². The van der Waals surface area contributed by atoms with Crippen LogP contribution in [0.2, 0.25) is 0 Å². The Morgan fingerprint density at radius 1 is 1.40 bits per heavy atom. The van der Waals surface area contributed by atoms with Gasteiger partial charge in [0, 0.05) is 49.8 Å². The smallest absolute Gasteiger partial charge is 0.315 e. The van der Waals surface area contributed by atoms with Gasteiger partial charge in [-0.15, -0.1) is 0 Å². The number of pyridine rings is 1. The summed E-state index contributed by atoms with van der Waals surface area (Å²) in [6, 6.07) is 5.64. The zero-order valence-corrected chi connectivity index (χ0v) is 11.5. The molecule has 0 spiro atoms. The number of hydrogen-bond acceptors (Lipinski definition) is 3. The van der Waals surface area contributed by atoms with E-state index in [1.807, 2.05) is 35.9 Å². The molecule has 2 aromatic heterocycles. The van der Waals surface area contributed by atoms with Gasteiger partial charge in [-0.3, -0.25) is 4.98 Å². The fourth-order valence-electron chi connectivity index (χ4n) is 1.88. The lowest BCUT2D eigenvalue weighted by molar-refractivity contribution is 0.236. The number of imidazole rings is 1. The lowest BCUT2D eigenvalue weighted by atomic mass is 10.3. The monoisotopic (exact) mass is 273 g/mol. The highest BCUT2D eigenvalue weighted by Gasteiger charge is 2.07. The van der Waals surface area contributed by atoms with E-state index in [1.54, 1.807) is 18.7 Å². The third-order valence-corrected chi connectivity index (χ3v) is 2.81. The largest absolute Gasteiger partial charge is 0.338 e. The molecule has 6 nitrogen and oxygen atoms in total. The number of nitrogens with one attached hydrogen (secondary N) is 2. The van der Waals surface area contributed by atoms with Gasteiger partial charge in [0.1, 0.15) is 0 Å². The van der Waals surface area contributed by atoms with E-state index in [-0.39, 0.29) is 12.1 Å². The maximum atomic E-state index is 11.7. The molecule has 0 bridgehead atoms. The normalized spacial score (nSPS) is 11.8. The van der Waals surface area contributed by atoms with Crippen molar-refractivity contribution in [1.82, 2.24) is 25.2 Å². The van der Waals surface area contributed by atoms with Crippen LogP contribution in [0.1, 0.15) is 12.6 Å². The Bertz CT molecular complexity index is 512. The second-order valence-corrected chi connectivity index (χ2v) is 4.63. The lowest BCUT2D eigenvalue weighted by Gasteiger charge is -2.15. The van der Waals surface area contributed by atoms with E-state index in [1.165, 1.54) is 0 Å². The van der Waals surface area contributed by atoms with Crippen LogP contribution in [-0.4, -0.2) is 33.2 Å². The number of rotatable bonds is 6. The SMILES string of the molecule is CC(Cn1ccnc1)NC(=O)NCCc1ccccn1. The van der Waals surface area contributed by atoms with Crippen molar-refractivity contribution in [2.45, 2.75) is 25.9 Å². The standard InChI is InChI=1S/C14H19N5O/c1-12(10-19-9-8-15-11-19)18-14(20)17-7-5-13-4-2-3-6-16-13/h2-4,6,8-9,11-12H,5,7,10H2,1H3,(H2,17,18,20). The molecule has 2 N–H and O–H groups in total. The Balaban J connectivity index is 1.65. The van der Waals surface area contributed by atoms with Gasteiger partial charge in [-0.05, 0) is 19.1 Å². The van der Waals surface area contributed by atoms with E-state index >= 15 is 0 Å². The molecule has 0 aromatic carbocycles. The fourth-order valence-corrected chi connectivity index (χ4v) is 1.88. The van der Waals surface area contributed by atoms with E-state index in [0.717, 1.165) is 12.1 Å². The fraction of sp³-hybridized carbons (Fsp3) is 0.357. The third kappa shape index (κ3) is 4.72. The van der Waals surface area contributed by atoms with Crippen LogP contribution in [0.3, 0.4) is 0 Å². The molecule has 0 fully saturated rings. The van der Waals surface area contributed by atoms with E-state index in [9.17, 15) is 4.79 Å². The minimum Gasteiger partial charge on any atom is -0.338 e. The number of amides is 2. The summed E-state index contributed by atoms with van der Waals surface area (Å²) >= 11 is 0. The van der Waals surface area contributed by atoms with Crippen molar-refractivity contribution >= 4 is 6.03 Å². The highest BCUT2D eigenvalue weighted by molar-refractivity contribution is 5.74. The molecule has 106 valence electrons. The Labute approximate surface area is 118 Å². The zero-order valence-electron chi connectivity index (χ0n) is 11.5. The van der Waals surface area contributed by atoms with E-state index in [0.29, 0.717) is 13.1 Å². The molecule has 0 saturated heterocycles. The molecule has 0 aliphatic rings. The molecule has 1 atom stereocenters. The van der Waals surface area contributed by atoms with Crippen molar-refractivity contribution in [1.29, 1.82) is 0 Å². The number of nitrogens with zero attached hydrogens (tertiary/aromatic N) is 3. The first-order chi connectivity index (χ1) is 9.74. The Morgan fingerprint density at radius 2 is 2.30 bits per heavy atom. The maximum absolute atomic E-state index is 11.7. The number of aromatic nitrogens is 3. The van der Waals surface area contributed by atoms with Crippen molar-refractivity contribution in [2.24, 2.45) is 0 Å². The van der Waals surface area contributed by atoms with Crippen molar-refractivity contribution in [3.05, 3.63) is 48.8 Å². The minimum absolute atomic E-state index is 0.0408. The Morgan fingerprint density at radius 3 is 3.00 bits per heavy atom. The number of hydrogen-bond donors (Lipinski definition) is 2. The van der Waals surface area contributed by atoms with Gasteiger partial charge in [0.05, 0.1) is 6.33 Å². The molecule has 2 aromatic rings. The summed E-state index contributed by atoms with van der Waals surface area (Å²) in [6.07, 6.45) is 7.81. The summed E-state index contributed by atoms with van der Waals surface area (Å²) in [5.74, 6) is 0. The van der Waals surface area contributed by atoms with Gasteiger partial charge in [0.15, 0.2) is 0 Å². The van der Waals surface area contributed by atoms with Crippen molar-refractivity contribution in [2.75, 3.05) is 6.54 Å². The summed E-state index contributed by atoms with van der Waals surface area (Å²) in [6.45, 7) is 3.23. The van der Waals surface area contributed by atoms with Crippen molar-refractivity contribution in [3.8, 4) is 0 Å². The average Bonchev–Trinajstić information content (AvgIpc) is 2.92. The molecule has 0 aliphatic heterocycles. The van der Waals surface area contributed by atoms with Crippen LogP contribution in [0, 0.1) is 0 Å². The summed E-state index contributed by atoms with van der Waals surface area (Å²) in [5.41, 5.74) is 0.972. The van der Waals surface area contributed by atoms with Gasteiger partial charge < -0.3 is 15.2 Å². The third-order valence-electron chi connectivity index (χ3n) is 2.81. The van der Waals surface area contributed by atoms with Crippen LogP contribution in [0.5, 0.6) is 0 Å². The molecular weight excluding hydrogens is 254 g/mol. The quantitative estimate of drug-likeness (QED) is 0.831. The average molecular weight is 273 g/mol. The van der Waals surface area contributed by atoms with Crippen LogP contribution in [-0.2, 0) is 13.0 Å². The first kappa shape index (κ1) is 14.0. The second kappa shape index (κ2) is 7.28. The maximum Gasteiger partial charge on any atom is 0.315 e. The molecule has 20 heavy (non-hydrogen) atoms. The van der Waals surface area contributed by atoms with Gasteiger partial charge in [0.25, 0.3) is 0 Å². The van der Waals surface area contributed by atoms with Gasteiger partial charge >= 0.3 is 6.03 Å². The minimum atomic E-state index is -0.159. The second-order valence-electron chi connectivity index (χ2n) is 4.63. The number of carbonyl (C=O) groups is 1. The number of urea groups is 1. The number of carbonyl (C=O) groups excluding carboxylic acids is 1. The zero-order chi connectivity index (χ0) is 14.2. The van der Waals surface area contributed by atoms with E-state index < -0.39 is 0 Å². The first-order valence-electron chi connectivity index (χ1n) is 6.64. The van der Waals surface area contributed by atoms with E-state index in [2.05, 4.69) is 20.6 Å². The molecular formula is C14H19N5O. The lowest BCUT2D eigenvalue weighted by Crippen LogP contribution is -2.43. The first-order valence-corrected chi connectivity index (χ1v) is 6.64. The van der Waals surface area contributed by atoms with Crippen molar-refractivity contribution < 1.29 is 4.79 Å². The van der Waals surface area contributed by atoms with Gasteiger partial charge in [-0.2, -0.15) is 0 Å². The van der Waals surface area contributed by atoms with Gasteiger partial charge in [-0.25, -0.2) is 9.78 Å². The summed E-state index contributed by atoms with van der Waals surface area (Å²) in [4.78, 5) is 19.9. The van der Waals surface area contributed by atoms with Crippen LogP contribution in [0.4, 0.5) is 4.79 Å². The summed E-state index contributed by atoms with van der Waals surface area (Å²) in [5, 5.41) is 5.71. The molecule has 0 radical (unpaired) electrons. The molecule has 0 aliphatic carbocycles. The van der Waals surface area contributed by atoms with Crippen LogP contribution >= 0.6 is 0 Å². The molecule has 2 heterocycles. The molecule has 0 saturated carbocycles. The Hall–Kier alpha value is -2.37. The highest BCUT2D eigenvalue weighted by Crippen LogP contribution is 1.94.